The van der Waals surface area contributed by atoms with Crippen molar-refractivity contribution in [3.05, 3.63) is 35.6 Å². The number of pyridine rings is 2. The molecule has 0 unspecified atom stereocenters. The molecule has 4 N–H and O–H groups in total. The number of aliphatic hydroxyl groups is 2. The summed E-state index contributed by atoms with van der Waals surface area (Å²) in [5, 5.41) is 20.6. The third-order valence-corrected chi connectivity index (χ3v) is 6.28. The molecule has 0 atom stereocenters. The maximum absolute atomic E-state index is 10.2. The molecule has 0 amide bonds. The van der Waals surface area contributed by atoms with E-state index in [9.17, 15) is 10.2 Å². The van der Waals surface area contributed by atoms with E-state index >= 15 is 0 Å². The molecule has 4 heterocycles. The number of hydrogen-bond donors (Lipinski definition) is 3. The minimum atomic E-state index is -0.994. The van der Waals surface area contributed by atoms with E-state index in [-0.39, 0.29) is 12.4 Å². The number of rotatable bonds is 4. The molecule has 0 spiro atoms. The second-order valence-electron chi connectivity index (χ2n) is 6.70. The van der Waals surface area contributed by atoms with Gasteiger partial charge in [-0.25, -0.2) is 19.9 Å². The van der Waals surface area contributed by atoms with Crippen LogP contribution in [0.25, 0.3) is 11.2 Å². The Kier molecular flexibility index (Phi) is 5.24. The summed E-state index contributed by atoms with van der Waals surface area (Å²) in [5.41, 5.74) is 5.97. The third kappa shape index (κ3) is 3.83. The summed E-state index contributed by atoms with van der Waals surface area (Å²) in [6.45, 7) is 1.00. The lowest BCUT2D eigenvalue weighted by atomic mass is 9.92. The van der Waals surface area contributed by atoms with E-state index in [1.54, 1.807) is 18.5 Å². The molecule has 4 rings (SSSR count). The minimum Gasteiger partial charge on any atom is -0.393 e. The summed E-state index contributed by atoms with van der Waals surface area (Å²) >= 11 is 7.58. The molecule has 0 radical (unpaired) electrons. The van der Waals surface area contributed by atoms with E-state index < -0.39 is 5.60 Å². The topological polar surface area (TPSA) is 121 Å². The minimum absolute atomic E-state index is 0.220. The highest BCUT2D eigenvalue weighted by molar-refractivity contribution is 7.99. The molecular formula is C18H19ClN6O2S. The summed E-state index contributed by atoms with van der Waals surface area (Å²) in [7, 11) is 0. The number of nitrogen functional groups attached to an aromatic ring is 1. The first kappa shape index (κ1) is 19.1. The van der Waals surface area contributed by atoms with Crippen LogP contribution in [0.4, 0.5) is 11.6 Å². The average molecular weight is 419 g/mol. The Morgan fingerprint density at radius 1 is 1.18 bits per heavy atom. The van der Waals surface area contributed by atoms with Gasteiger partial charge in [0.15, 0.2) is 5.65 Å². The number of halogens is 1. The Hall–Kier alpha value is -2.20. The molecular weight excluding hydrogens is 400 g/mol. The summed E-state index contributed by atoms with van der Waals surface area (Å²) in [6.07, 6.45) is 4.28. The van der Waals surface area contributed by atoms with Crippen molar-refractivity contribution in [3.63, 3.8) is 0 Å². The summed E-state index contributed by atoms with van der Waals surface area (Å²) in [5.74, 6) is 1.02. The van der Waals surface area contributed by atoms with E-state index in [2.05, 4.69) is 24.8 Å². The molecule has 1 aliphatic heterocycles. The number of fused-ring (bicyclic) bond motifs is 1. The van der Waals surface area contributed by atoms with Crippen LogP contribution in [-0.2, 0) is 0 Å². The first-order valence-electron chi connectivity index (χ1n) is 8.77. The zero-order valence-electron chi connectivity index (χ0n) is 14.9. The van der Waals surface area contributed by atoms with Crippen LogP contribution in [0.3, 0.4) is 0 Å². The Balaban J connectivity index is 1.54. The molecule has 146 valence electrons. The van der Waals surface area contributed by atoms with Crippen LogP contribution in [0.2, 0.25) is 5.02 Å². The number of hydrogen-bond acceptors (Lipinski definition) is 9. The lowest BCUT2D eigenvalue weighted by Crippen LogP contribution is -2.46. The van der Waals surface area contributed by atoms with Crippen molar-refractivity contribution in [1.82, 2.24) is 19.9 Å². The monoisotopic (exact) mass is 418 g/mol. The lowest BCUT2D eigenvalue weighted by molar-refractivity contribution is -0.0326. The highest BCUT2D eigenvalue weighted by Crippen LogP contribution is 2.35. The average Bonchev–Trinajstić information content (AvgIpc) is 2.72. The number of anilines is 2. The van der Waals surface area contributed by atoms with Gasteiger partial charge in [-0.05, 0) is 31.0 Å². The third-order valence-electron chi connectivity index (χ3n) is 4.77. The van der Waals surface area contributed by atoms with Gasteiger partial charge in [0, 0.05) is 24.2 Å². The Labute approximate surface area is 170 Å². The fraction of sp³-hybridized carbons (Fsp3) is 0.333. The quantitative estimate of drug-likeness (QED) is 0.584. The van der Waals surface area contributed by atoms with Crippen LogP contribution in [0.15, 0.2) is 40.5 Å². The molecule has 0 aromatic carbocycles. The molecule has 8 nitrogen and oxygen atoms in total. The maximum atomic E-state index is 10.2. The fourth-order valence-electron chi connectivity index (χ4n) is 3.03. The molecule has 28 heavy (non-hydrogen) atoms. The first-order chi connectivity index (χ1) is 13.5. The first-order valence-corrected chi connectivity index (χ1v) is 9.97. The summed E-state index contributed by atoms with van der Waals surface area (Å²) in [4.78, 5) is 20.4. The number of nitrogens with two attached hydrogens (primary N) is 1. The Morgan fingerprint density at radius 3 is 2.71 bits per heavy atom. The number of aromatic nitrogens is 4. The van der Waals surface area contributed by atoms with Crippen molar-refractivity contribution >= 4 is 46.2 Å². The molecule has 1 fully saturated rings. The summed E-state index contributed by atoms with van der Waals surface area (Å²) in [6, 6.07) is 5.51. The number of piperidine rings is 1. The van der Waals surface area contributed by atoms with Crippen molar-refractivity contribution < 1.29 is 10.2 Å². The van der Waals surface area contributed by atoms with Crippen LogP contribution >= 0.6 is 23.4 Å². The largest absolute Gasteiger partial charge is 0.393 e. The fourth-order valence-corrected chi connectivity index (χ4v) is 4.07. The van der Waals surface area contributed by atoms with Crippen molar-refractivity contribution in [2.24, 2.45) is 0 Å². The van der Waals surface area contributed by atoms with Gasteiger partial charge in [0.1, 0.15) is 22.2 Å². The normalized spacial score (nSPS) is 16.5. The van der Waals surface area contributed by atoms with Crippen molar-refractivity contribution in [2.45, 2.75) is 28.4 Å². The number of aliphatic hydroxyl groups excluding tert-OH is 1. The smallest absolute Gasteiger partial charge is 0.179 e. The van der Waals surface area contributed by atoms with Gasteiger partial charge in [-0.2, -0.15) is 0 Å². The predicted octanol–water partition coefficient (Wildman–Crippen LogP) is 2.13. The second-order valence-corrected chi connectivity index (χ2v) is 8.14. The molecule has 0 saturated carbocycles. The van der Waals surface area contributed by atoms with Gasteiger partial charge in [-0.1, -0.05) is 23.4 Å². The van der Waals surface area contributed by atoms with Gasteiger partial charge in [-0.3, -0.25) is 0 Å². The van der Waals surface area contributed by atoms with E-state index in [0.29, 0.717) is 42.1 Å². The van der Waals surface area contributed by atoms with Gasteiger partial charge < -0.3 is 20.8 Å². The van der Waals surface area contributed by atoms with Gasteiger partial charge in [0.05, 0.1) is 23.4 Å². The van der Waals surface area contributed by atoms with Gasteiger partial charge in [0.2, 0.25) is 0 Å². The van der Waals surface area contributed by atoms with Gasteiger partial charge in [-0.15, -0.1) is 0 Å². The van der Waals surface area contributed by atoms with Crippen molar-refractivity contribution in [1.29, 1.82) is 0 Å². The SMILES string of the molecule is Nc1nccc(Sc2ccc3nc(N4CCC(O)(CO)CC4)cnc3n2)c1Cl. The van der Waals surface area contributed by atoms with Gasteiger partial charge in [0.25, 0.3) is 0 Å². The predicted molar refractivity (Wildman–Crippen MR) is 109 cm³/mol. The highest BCUT2D eigenvalue weighted by atomic mass is 35.5. The zero-order valence-corrected chi connectivity index (χ0v) is 16.5. The molecule has 3 aromatic rings. The molecule has 1 aliphatic rings. The molecule has 0 aliphatic carbocycles. The molecule has 0 bridgehead atoms. The van der Waals surface area contributed by atoms with Crippen LogP contribution in [0.5, 0.6) is 0 Å². The summed E-state index contributed by atoms with van der Waals surface area (Å²) < 4.78 is 0. The Bertz CT molecular complexity index is 1010. The van der Waals surface area contributed by atoms with Crippen molar-refractivity contribution in [3.8, 4) is 0 Å². The van der Waals surface area contributed by atoms with Crippen LogP contribution in [-0.4, -0.2) is 55.4 Å². The molecule has 10 heteroatoms. The van der Waals surface area contributed by atoms with E-state index in [1.165, 1.54) is 11.8 Å². The van der Waals surface area contributed by atoms with Crippen molar-refractivity contribution in [2.75, 3.05) is 30.3 Å². The highest BCUT2D eigenvalue weighted by Gasteiger charge is 2.32. The Morgan fingerprint density at radius 2 is 1.96 bits per heavy atom. The second kappa shape index (κ2) is 7.67. The zero-order chi connectivity index (χ0) is 19.7. The molecule has 3 aromatic heterocycles. The molecule has 1 saturated heterocycles. The van der Waals surface area contributed by atoms with Crippen LogP contribution in [0.1, 0.15) is 12.8 Å². The number of nitrogens with zero attached hydrogens (tertiary/aromatic N) is 5. The van der Waals surface area contributed by atoms with Crippen LogP contribution in [0, 0.1) is 0 Å². The standard InChI is InChI=1S/C18H19ClN6O2S/c19-15-12(3-6-21-16(15)20)28-14-2-1-11-17(24-14)22-9-13(23-11)25-7-4-18(27,10-26)5-8-25/h1-3,6,9,26-27H,4-5,7-8,10H2,(H2,20,21). The maximum Gasteiger partial charge on any atom is 0.179 e. The van der Waals surface area contributed by atoms with E-state index in [1.807, 2.05) is 12.1 Å². The lowest BCUT2D eigenvalue weighted by Gasteiger charge is -2.37. The van der Waals surface area contributed by atoms with Crippen LogP contribution < -0.4 is 10.6 Å². The van der Waals surface area contributed by atoms with E-state index in [0.717, 1.165) is 15.7 Å². The van der Waals surface area contributed by atoms with E-state index in [4.69, 9.17) is 17.3 Å². The van der Waals surface area contributed by atoms with Gasteiger partial charge >= 0.3 is 0 Å².